The summed E-state index contributed by atoms with van der Waals surface area (Å²) in [6.45, 7) is 8.71. The number of nitrogens with one attached hydrogen (secondary N) is 1. The molecule has 0 radical (unpaired) electrons. The predicted molar refractivity (Wildman–Crippen MR) is 178 cm³/mol. The summed E-state index contributed by atoms with van der Waals surface area (Å²) < 4.78 is 12.2. The van der Waals surface area contributed by atoms with E-state index in [2.05, 4.69) is 45.0 Å². The van der Waals surface area contributed by atoms with Gasteiger partial charge in [-0.3, -0.25) is 15.0 Å². The number of hydrogen-bond donors (Lipinski definition) is 1. The summed E-state index contributed by atoms with van der Waals surface area (Å²) in [5, 5.41) is 19.6. The Morgan fingerprint density at radius 2 is 1.83 bits per heavy atom. The largest absolute Gasteiger partial charge is 0.462 e. The summed E-state index contributed by atoms with van der Waals surface area (Å²) in [6, 6.07) is 18.4. The molecule has 2 aliphatic heterocycles. The van der Waals surface area contributed by atoms with Crippen molar-refractivity contribution >= 4 is 23.5 Å². The maximum atomic E-state index is 15.0. The zero-order chi connectivity index (χ0) is 32.9. The van der Waals surface area contributed by atoms with E-state index in [4.69, 9.17) is 14.9 Å². The SMILES string of the molecule is CC(=O)O[C@H]1CC[C@@]2(C)C(=CCC3C2CC[C@]2(C)C4=C(C#N)C(=N)OC5(C(=O)N(Cc6ccccc6C)c6ccccc65)C4CC32)C1. The van der Waals surface area contributed by atoms with Crippen LogP contribution in [0, 0.1) is 58.2 Å². The van der Waals surface area contributed by atoms with Gasteiger partial charge in [0.05, 0.1) is 12.2 Å². The highest BCUT2D eigenvalue weighted by Crippen LogP contribution is 2.71. The number of nitrogens with zero attached hydrogens (tertiary/aromatic N) is 2. The quantitative estimate of drug-likeness (QED) is 0.277. The van der Waals surface area contributed by atoms with Crippen LogP contribution in [0.3, 0.4) is 0 Å². The summed E-state index contributed by atoms with van der Waals surface area (Å²) in [4.78, 5) is 28.6. The zero-order valence-electron chi connectivity index (χ0n) is 27.8. The number of aryl methyl sites for hydroxylation is 1. The zero-order valence-corrected chi connectivity index (χ0v) is 27.8. The predicted octanol–water partition coefficient (Wildman–Crippen LogP) is 7.69. The summed E-state index contributed by atoms with van der Waals surface area (Å²) in [5.41, 5.74) is 4.92. The van der Waals surface area contributed by atoms with Gasteiger partial charge in [0.25, 0.3) is 5.91 Å². The molecule has 47 heavy (non-hydrogen) atoms. The molecule has 2 heterocycles. The number of hydrogen-bond acceptors (Lipinski definition) is 6. The second-order valence-electron chi connectivity index (χ2n) is 15.4. The summed E-state index contributed by atoms with van der Waals surface area (Å²) >= 11 is 0. The second-order valence-corrected chi connectivity index (χ2v) is 15.4. The van der Waals surface area contributed by atoms with Crippen molar-refractivity contribution in [2.75, 3.05) is 4.90 Å². The van der Waals surface area contributed by atoms with Crippen molar-refractivity contribution in [2.24, 2.45) is 34.5 Å². The van der Waals surface area contributed by atoms with E-state index in [0.717, 1.165) is 72.9 Å². The van der Waals surface area contributed by atoms with E-state index in [1.54, 1.807) is 0 Å². The molecule has 6 aliphatic rings. The minimum Gasteiger partial charge on any atom is -0.462 e. The average Bonchev–Trinajstić information content (AvgIpc) is 3.48. The van der Waals surface area contributed by atoms with Gasteiger partial charge in [0.1, 0.15) is 17.7 Å². The Bertz CT molecular complexity index is 1840. The van der Waals surface area contributed by atoms with Crippen LogP contribution in [0.1, 0.15) is 82.4 Å². The molecule has 3 fully saturated rings. The normalized spacial score (nSPS) is 36.8. The minimum absolute atomic E-state index is 0.0438. The standard InChI is InChI=1S/C40H43N3O4/c1-23-9-5-6-10-25(23)22-43-34-12-8-7-11-31(34)40(37(43)45)33-20-32-28-14-13-26-19-27(46-24(2)44)15-17-38(26,3)30(28)16-18-39(32,4)35(33)29(21-41)36(42)47-40/h5-13,27-28,30,32-33,42H,14-20,22H2,1-4H3/t27-,28?,30?,32?,33?,38-,39-,40?/m0/s1. The van der Waals surface area contributed by atoms with Crippen molar-refractivity contribution in [2.45, 2.75) is 90.9 Å². The molecule has 1 amide bonds. The van der Waals surface area contributed by atoms with Gasteiger partial charge in [-0.25, -0.2) is 0 Å². The molecule has 5 unspecified atom stereocenters. The van der Waals surface area contributed by atoms with Gasteiger partial charge in [-0.15, -0.1) is 0 Å². The molecular weight excluding hydrogens is 586 g/mol. The number of amides is 1. The van der Waals surface area contributed by atoms with Gasteiger partial charge in [0.15, 0.2) is 0 Å². The van der Waals surface area contributed by atoms with Gasteiger partial charge in [0, 0.05) is 24.8 Å². The molecule has 8 rings (SSSR count). The third-order valence-electron chi connectivity index (χ3n) is 13.3. The lowest BCUT2D eigenvalue weighted by Crippen LogP contribution is -2.52. The molecule has 1 N–H and O–H groups in total. The monoisotopic (exact) mass is 629 g/mol. The molecule has 0 bridgehead atoms. The summed E-state index contributed by atoms with van der Waals surface area (Å²) in [5.74, 6) is 0.281. The lowest BCUT2D eigenvalue weighted by Gasteiger charge is -2.57. The van der Waals surface area contributed by atoms with Crippen LogP contribution >= 0.6 is 0 Å². The van der Waals surface area contributed by atoms with Gasteiger partial charge in [-0.1, -0.05) is 68.0 Å². The number of allylic oxidation sites excluding steroid dienone is 1. The minimum atomic E-state index is -1.37. The highest BCUT2D eigenvalue weighted by molar-refractivity contribution is 6.11. The first-order chi connectivity index (χ1) is 22.5. The number of anilines is 1. The molecular formula is C40H43N3O4. The Balaban J connectivity index is 1.21. The number of carbonyl (C=O) groups is 2. The van der Waals surface area contributed by atoms with Crippen molar-refractivity contribution in [1.29, 1.82) is 10.7 Å². The topological polar surface area (TPSA) is 103 Å². The smallest absolute Gasteiger partial charge is 0.302 e. The molecule has 2 aromatic carbocycles. The Kier molecular flexibility index (Phi) is 6.68. The number of benzene rings is 2. The van der Waals surface area contributed by atoms with Gasteiger partial charge in [-0.2, -0.15) is 5.26 Å². The molecule has 2 aromatic rings. The Morgan fingerprint density at radius 3 is 2.60 bits per heavy atom. The average molecular weight is 630 g/mol. The molecule has 8 atom stereocenters. The van der Waals surface area contributed by atoms with Crippen molar-refractivity contribution < 1.29 is 19.1 Å². The number of nitriles is 1. The van der Waals surface area contributed by atoms with Crippen molar-refractivity contribution in [1.82, 2.24) is 0 Å². The van der Waals surface area contributed by atoms with Crippen LogP contribution in [0.5, 0.6) is 0 Å². The summed E-state index contributed by atoms with van der Waals surface area (Å²) in [7, 11) is 0. The van der Waals surface area contributed by atoms with Gasteiger partial charge < -0.3 is 14.4 Å². The van der Waals surface area contributed by atoms with Gasteiger partial charge in [0.2, 0.25) is 11.5 Å². The van der Waals surface area contributed by atoms with E-state index >= 15 is 4.79 Å². The highest BCUT2D eigenvalue weighted by atomic mass is 16.5. The van der Waals surface area contributed by atoms with Crippen LogP contribution in [0.4, 0.5) is 5.69 Å². The molecule has 242 valence electrons. The van der Waals surface area contributed by atoms with Crippen molar-refractivity contribution in [3.63, 3.8) is 0 Å². The fourth-order valence-corrected chi connectivity index (χ4v) is 11.2. The third-order valence-corrected chi connectivity index (χ3v) is 13.3. The van der Waals surface area contributed by atoms with E-state index in [0.29, 0.717) is 24.0 Å². The molecule has 4 aliphatic carbocycles. The number of rotatable bonds is 3. The maximum Gasteiger partial charge on any atom is 0.302 e. The summed E-state index contributed by atoms with van der Waals surface area (Å²) in [6.07, 6.45) is 8.70. The molecule has 1 spiro atoms. The highest BCUT2D eigenvalue weighted by Gasteiger charge is 2.70. The molecule has 0 saturated heterocycles. The number of para-hydroxylation sites is 1. The lowest BCUT2D eigenvalue weighted by molar-refractivity contribution is -0.148. The van der Waals surface area contributed by atoms with Crippen LogP contribution in [0.25, 0.3) is 0 Å². The van der Waals surface area contributed by atoms with Crippen LogP contribution in [-0.4, -0.2) is 23.9 Å². The van der Waals surface area contributed by atoms with E-state index in [-0.39, 0.29) is 46.5 Å². The van der Waals surface area contributed by atoms with E-state index < -0.39 is 5.60 Å². The van der Waals surface area contributed by atoms with Gasteiger partial charge >= 0.3 is 5.97 Å². The first kappa shape index (κ1) is 30.2. The molecule has 0 aromatic heterocycles. The Labute approximate surface area is 277 Å². The van der Waals surface area contributed by atoms with Crippen LogP contribution in [0.15, 0.2) is 71.3 Å². The first-order valence-corrected chi connectivity index (χ1v) is 17.3. The van der Waals surface area contributed by atoms with Gasteiger partial charge in [-0.05, 0) is 96.8 Å². The third kappa shape index (κ3) is 4.06. The Hall–Kier alpha value is -4.18. The van der Waals surface area contributed by atoms with E-state index in [1.165, 1.54) is 12.5 Å². The number of ether oxygens (including phenoxy) is 2. The second kappa shape index (κ2) is 10.4. The molecule has 3 saturated carbocycles. The fraction of sp³-hybridized carbons (Fsp3) is 0.500. The lowest BCUT2D eigenvalue weighted by atomic mass is 9.47. The van der Waals surface area contributed by atoms with Crippen LogP contribution < -0.4 is 4.90 Å². The number of fused-ring (bicyclic) bond motifs is 10. The van der Waals surface area contributed by atoms with E-state index in [9.17, 15) is 10.1 Å². The van der Waals surface area contributed by atoms with E-state index in [1.807, 2.05) is 41.3 Å². The van der Waals surface area contributed by atoms with Crippen LogP contribution in [0.2, 0.25) is 0 Å². The molecule has 7 nitrogen and oxygen atoms in total. The molecule has 7 heteroatoms. The van der Waals surface area contributed by atoms with Crippen molar-refractivity contribution in [3.05, 3.63) is 88.0 Å². The van der Waals surface area contributed by atoms with Crippen molar-refractivity contribution in [3.8, 4) is 6.07 Å². The van der Waals surface area contributed by atoms with Crippen LogP contribution in [-0.2, 0) is 31.2 Å². The maximum absolute atomic E-state index is 15.0. The Morgan fingerprint density at radius 1 is 1.09 bits per heavy atom. The first-order valence-electron chi connectivity index (χ1n) is 17.3. The fourth-order valence-electron chi connectivity index (χ4n) is 11.2. The number of carbonyl (C=O) groups excluding carboxylic acids is 2. The number of esters is 1.